The van der Waals surface area contributed by atoms with Gasteiger partial charge in [0.25, 0.3) is 11.6 Å². The lowest BCUT2D eigenvalue weighted by atomic mass is 10.2. The second-order valence-corrected chi connectivity index (χ2v) is 8.39. The zero-order valence-electron chi connectivity index (χ0n) is 18.4. The first kappa shape index (κ1) is 23.8. The zero-order chi connectivity index (χ0) is 24.6. The first-order chi connectivity index (χ1) is 17.0. The van der Waals surface area contributed by atoms with Crippen LogP contribution in [-0.2, 0) is 13.2 Å². The summed E-state index contributed by atoms with van der Waals surface area (Å²) in [5, 5.41) is 19.1. The number of aromatic nitrogens is 2. The zero-order valence-corrected chi connectivity index (χ0v) is 20.0. The molecular formula is C25H20BrN5O4. The SMILES string of the molecule is O=C(N/N=C/c1ccccc1OCc1ccc(Br)cc1)c1ccn(Cc2ccc([N+](=O)[O-])cc2)n1. The average molecular weight is 534 g/mol. The molecule has 1 N–H and O–H groups in total. The average Bonchev–Trinajstić information content (AvgIpc) is 3.33. The molecule has 0 aliphatic rings. The Balaban J connectivity index is 1.33. The maximum Gasteiger partial charge on any atom is 0.291 e. The van der Waals surface area contributed by atoms with Crippen LogP contribution in [0.2, 0.25) is 0 Å². The van der Waals surface area contributed by atoms with Crippen LogP contribution < -0.4 is 10.2 Å². The van der Waals surface area contributed by atoms with Gasteiger partial charge < -0.3 is 4.74 Å². The highest BCUT2D eigenvalue weighted by atomic mass is 79.9. The molecule has 35 heavy (non-hydrogen) atoms. The highest BCUT2D eigenvalue weighted by molar-refractivity contribution is 9.10. The van der Waals surface area contributed by atoms with Gasteiger partial charge in [0.05, 0.1) is 17.7 Å². The standard InChI is InChI=1S/C25H20BrN5O4/c26-21-9-5-19(6-10-21)17-35-24-4-2-1-3-20(24)15-27-28-25(32)23-13-14-30(29-23)16-18-7-11-22(12-8-18)31(33)34/h1-15H,16-17H2,(H,28,32)/b27-15+. The lowest BCUT2D eigenvalue weighted by Crippen LogP contribution is -2.18. The fourth-order valence-electron chi connectivity index (χ4n) is 3.16. The van der Waals surface area contributed by atoms with Crippen molar-refractivity contribution in [1.29, 1.82) is 0 Å². The third-order valence-electron chi connectivity index (χ3n) is 4.96. The number of nitro groups is 1. The molecule has 0 fully saturated rings. The number of hydrazone groups is 1. The molecular weight excluding hydrogens is 514 g/mol. The van der Waals surface area contributed by atoms with E-state index in [0.29, 0.717) is 24.5 Å². The Morgan fingerprint density at radius 2 is 1.77 bits per heavy atom. The van der Waals surface area contributed by atoms with Crippen LogP contribution in [0.4, 0.5) is 5.69 Å². The van der Waals surface area contributed by atoms with E-state index in [9.17, 15) is 14.9 Å². The topological polar surface area (TPSA) is 112 Å². The van der Waals surface area contributed by atoms with Crippen LogP contribution in [0.25, 0.3) is 0 Å². The summed E-state index contributed by atoms with van der Waals surface area (Å²) in [4.78, 5) is 22.8. The molecule has 10 heteroatoms. The van der Waals surface area contributed by atoms with Gasteiger partial charge in [0, 0.05) is 28.4 Å². The van der Waals surface area contributed by atoms with Crippen LogP contribution in [0.5, 0.6) is 5.75 Å². The monoisotopic (exact) mass is 533 g/mol. The Morgan fingerprint density at radius 3 is 2.51 bits per heavy atom. The van der Waals surface area contributed by atoms with Crippen LogP contribution in [0.15, 0.2) is 94.6 Å². The van der Waals surface area contributed by atoms with Gasteiger partial charge in [-0.2, -0.15) is 10.2 Å². The minimum Gasteiger partial charge on any atom is -0.488 e. The molecule has 0 spiro atoms. The number of hydrogen-bond acceptors (Lipinski definition) is 6. The molecule has 0 bridgehead atoms. The Kier molecular flexibility index (Phi) is 7.63. The minimum atomic E-state index is -0.461. The number of benzene rings is 3. The summed E-state index contributed by atoms with van der Waals surface area (Å²) in [6, 6.07) is 23.0. The van der Waals surface area contributed by atoms with E-state index in [-0.39, 0.29) is 11.4 Å². The Morgan fingerprint density at radius 1 is 1.06 bits per heavy atom. The van der Waals surface area contributed by atoms with Gasteiger partial charge in [0.1, 0.15) is 12.4 Å². The third-order valence-corrected chi connectivity index (χ3v) is 5.49. The maximum atomic E-state index is 12.4. The van der Waals surface area contributed by atoms with Crippen molar-refractivity contribution < 1.29 is 14.5 Å². The quantitative estimate of drug-likeness (QED) is 0.186. The van der Waals surface area contributed by atoms with E-state index in [1.54, 1.807) is 29.1 Å². The van der Waals surface area contributed by atoms with Crippen LogP contribution in [0.3, 0.4) is 0 Å². The number of carbonyl (C=O) groups is 1. The van der Waals surface area contributed by atoms with Crippen molar-refractivity contribution in [1.82, 2.24) is 15.2 Å². The minimum absolute atomic E-state index is 0.0208. The van der Waals surface area contributed by atoms with E-state index in [2.05, 4.69) is 31.6 Å². The number of nitrogens with one attached hydrogen (secondary N) is 1. The smallest absolute Gasteiger partial charge is 0.291 e. The lowest BCUT2D eigenvalue weighted by molar-refractivity contribution is -0.384. The van der Waals surface area contributed by atoms with Gasteiger partial charge in [-0.15, -0.1) is 0 Å². The summed E-state index contributed by atoms with van der Waals surface area (Å²) >= 11 is 3.41. The van der Waals surface area contributed by atoms with E-state index in [1.165, 1.54) is 18.3 Å². The number of nitrogens with zero attached hydrogens (tertiary/aromatic N) is 4. The Labute approximate surface area is 209 Å². The summed E-state index contributed by atoms with van der Waals surface area (Å²) in [5.41, 5.74) is 5.25. The van der Waals surface area contributed by atoms with Crippen molar-refractivity contribution in [2.24, 2.45) is 5.10 Å². The fraction of sp³-hybridized carbons (Fsp3) is 0.0800. The van der Waals surface area contributed by atoms with Crippen molar-refractivity contribution in [3.05, 3.63) is 122 Å². The highest BCUT2D eigenvalue weighted by Gasteiger charge is 2.10. The van der Waals surface area contributed by atoms with Gasteiger partial charge in [-0.25, -0.2) is 5.43 Å². The molecule has 1 aromatic heterocycles. The van der Waals surface area contributed by atoms with Gasteiger partial charge in [-0.1, -0.05) is 52.3 Å². The maximum absolute atomic E-state index is 12.4. The van der Waals surface area contributed by atoms with Crippen LogP contribution in [-0.4, -0.2) is 26.8 Å². The predicted molar refractivity (Wildman–Crippen MR) is 134 cm³/mol. The number of carbonyl (C=O) groups excluding carboxylic acids is 1. The Bertz CT molecular complexity index is 1350. The van der Waals surface area contributed by atoms with Crippen molar-refractivity contribution in [2.75, 3.05) is 0 Å². The number of nitro benzene ring substituents is 1. The van der Waals surface area contributed by atoms with E-state index in [0.717, 1.165) is 15.6 Å². The van der Waals surface area contributed by atoms with Gasteiger partial charge in [0.15, 0.2) is 5.69 Å². The summed E-state index contributed by atoms with van der Waals surface area (Å²) in [6.45, 7) is 0.772. The number of ether oxygens (including phenoxy) is 1. The molecule has 4 aromatic rings. The third kappa shape index (κ3) is 6.61. The number of hydrogen-bond donors (Lipinski definition) is 1. The molecule has 0 saturated carbocycles. The van der Waals surface area contributed by atoms with Crippen LogP contribution >= 0.6 is 15.9 Å². The van der Waals surface area contributed by atoms with Gasteiger partial charge in [-0.3, -0.25) is 19.6 Å². The molecule has 9 nitrogen and oxygen atoms in total. The van der Waals surface area contributed by atoms with Crippen LogP contribution in [0, 0.1) is 10.1 Å². The number of amides is 1. The summed E-state index contributed by atoms with van der Waals surface area (Å²) < 4.78 is 8.49. The molecule has 0 radical (unpaired) electrons. The molecule has 0 aliphatic carbocycles. The molecule has 176 valence electrons. The molecule has 0 atom stereocenters. The predicted octanol–water partition coefficient (Wildman–Crippen LogP) is 4.95. The fourth-order valence-corrected chi connectivity index (χ4v) is 3.42. The molecule has 3 aromatic carbocycles. The largest absolute Gasteiger partial charge is 0.488 e. The molecule has 0 saturated heterocycles. The summed E-state index contributed by atoms with van der Waals surface area (Å²) in [6.07, 6.45) is 3.17. The second kappa shape index (κ2) is 11.2. The highest BCUT2D eigenvalue weighted by Crippen LogP contribution is 2.19. The van der Waals surface area contributed by atoms with Crippen molar-refractivity contribution in [3.63, 3.8) is 0 Å². The normalized spacial score (nSPS) is 10.9. The van der Waals surface area contributed by atoms with E-state index < -0.39 is 10.8 Å². The van der Waals surface area contributed by atoms with E-state index >= 15 is 0 Å². The summed E-state index contributed by atoms with van der Waals surface area (Å²) in [7, 11) is 0. The number of rotatable bonds is 9. The van der Waals surface area contributed by atoms with Crippen molar-refractivity contribution in [2.45, 2.75) is 13.2 Å². The van der Waals surface area contributed by atoms with E-state index in [1.807, 2.05) is 48.5 Å². The molecule has 0 aliphatic heterocycles. The lowest BCUT2D eigenvalue weighted by Gasteiger charge is -2.09. The van der Waals surface area contributed by atoms with E-state index in [4.69, 9.17) is 4.74 Å². The van der Waals surface area contributed by atoms with Crippen molar-refractivity contribution >= 4 is 33.7 Å². The number of halogens is 1. The van der Waals surface area contributed by atoms with Gasteiger partial charge in [0.2, 0.25) is 0 Å². The van der Waals surface area contributed by atoms with Crippen LogP contribution in [0.1, 0.15) is 27.2 Å². The molecule has 1 heterocycles. The Hall–Kier alpha value is -4.31. The number of non-ortho nitro benzene ring substituents is 1. The molecule has 4 rings (SSSR count). The molecule has 1 amide bonds. The van der Waals surface area contributed by atoms with Crippen molar-refractivity contribution in [3.8, 4) is 5.75 Å². The molecule has 0 unspecified atom stereocenters. The number of para-hydroxylation sites is 1. The second-order valence-electron chi connectivity index (χ2n) is 7.47. The first-order valence-corrected chi connectivity index (χ1v) is 11.3. The summed E-state index contributed by atoms with van der Waals surface area (Å²) in [5.74, 6) is 0.178. The first-order valence-electron chi connectivity index (χ1n) is 10.5. The van der Waals surface area contributed by atoms with Gasteiger partial charge in [-0.05, 0) is 41.5 Å². The van der Waals surface area contributed by atoms with Gasteiger partial charge >= 0.3 is 0 Å².